The third kappa shape index (κ3) is 4.74. The summed E-state index contributed by atoms with van der Waals surface area (Å²) < 4.78 is 29.4. The van der Waals surface area contributed by atoms with Crippen LogP contribution in [-0.2, 0) is 25.1 Å². The molecule has 0 atom stereocenters. The molecular formula is C17H15NO6S. The molecule has 0 aromatic heterocycles. The van der Waals surface area contributed by atoms with Gasteiger partial charge in [-0.1, -0.05) is 18.2 Å². The first-order valence-electron chi connectivity index (χ1n) is 7.14. The zero-order valence-electron chi connectivity index (χ0n) is 13.3. The Bertz CT molecular complexity index is 919. The van der Waals surface area contributed by atoms with Crippen LogP contribution in [0.3, 0.4) is 0 Å². The van der Waals surface area contributed by atoms with Crippen molar-refractivity contribution >= 4 is 27.6 Å². The molecule has 0 aliphatic heterocycles. The summed E-state index contributed by atoms with van der Waals surface area (Å²) in [4.78, 5) is 21.8. The molecule has 0 aliphatic rings. The summed E-state index contributed by atoms with van der Waals surface area (Å²) in [6.45, 7) is 0. The minimum atomic E-state index is -3.74. The number of nitro groups is 1. The highest BCUT2D eigenvalue weighted by Crippen LogP contribution is 2.25. The van der Waals surface area contributed by atoms with Crippen LogP contribution >= 0.6 is 0 Å². The van der Waals surface area contributed by atoms with Crippen molar-refractivity contribution in [2.24, 2.45) is 0 Å². The van der Waals surface area contributed by atoms with E-state index >= 15 is 0 Å². The van der Waals surface area contributed by atoms with Gasteiger partial charge in [0.05, 0.1) is 22.7 Å². The predicted octanol–water partition coefficient (Wildman–Crippen LogP) is 2.75. The number of hydrogen-bond acceptors (Lipinski definition) is 6. The van der Waals surface area contributed by atoms with Crippen molar-refractivity contribution in [1.82, 2.24) is 0 Å². The lowest BCUT2D eigenvalue weighted by Gasteiger charge is -2.06. The van der Waals surface area contributed by atoms with Crippen molar-refractivity contribution < 1.29 is 22.9 Å². The van der Waals surface area contributed by atoms with Gasteiger partial charge in [-0.25, -0.2) is 13.2 Å². The van der Waals surface area contributed by atoms with Gasteiger partial charge < -0.3 is 4.74 Å². The van der Waals surface area contributed by atoms with Crippen LogP contribution in [0.1, 0.15) is 11.1 Å². The van der Waals surface area contributed by atoms with Crippen molar-refractivity contribution in [1.29, 1.82) is 0 Å². The Labute approximate surface area is 144 Å². The van der Waals surface area contributed by atoms with E-state index in [4.69, 9.17) is 0 Å². The van der Waals surface area contributed by atoms with Gasteiger partial charge >= 0.3 is 5.97 Å². The van der Waals surface area contributed by atoms with Gasteiger partial charge in [0.25, 0.3) is 5.69 Å². The topological polar surface area (TPSA) is 104 Å². The highest BCUT2D eigenvalue weighted by atomic mass is 32.2. The highest BCUT2D eigenvalue weighted by molar-refractivity contribution is 7.90. The molecule has 2 aromatic rings. The molecule has 130 valence electrons. The van der Waals surface area contributed by atoms with E-state index in [1.54, 1.807) is 18.2 Å². The monoisotopic (exact) mass is 361 g/mol. The first-order valence-corrected chi connectivity index (χ1v) is 8.80. The van der Waals surface area contributed by atoms with Crippen molar-refractivity contribution in [3.05, 3.63) is 75.8 Å². The van der Waals surface area contributed by atoms with Crippen LogP contribution in [0.25, 0.3) is 6.08 Å². The molecule has 2 aromatic carbocycles. The van der Waals surface area contributed by atoms with Crippen molar-refractivity contribution in [2.75, 3.05) is 7.11 Å². The standard InChI is InChI=1S/C17H15NO6S/c1-24-17(19)10-8-13-7-9-16(18(20)21)14(11-13)12-25(22,23)15-5-3-2-4-6-15/h2-11H,12H2,1H3. The average molecular weight is 361 g/mol. The lowest BCUT2D eigenvalue weighted by Crippen LogP contribution is -2.07. The van der Waals surface area contributed by atoms with Crippen LogP contribution in [0.5, 0.6) is 0 Å². The summed E-state index contributed by atoms with van der Waals surface area (Å²) in [6.07, 6.45) is 2.55. The summed E-state index contributed by atoms with van der Waals surface area (Å²) in [6, 6.07) is 11.7. The molecule has 0 spiro atoms. The number of rotatable bonds is 6. The number of sulfone groups is 1. The molecule has 25 heavy (non-hydrogen) atoms. The van der Waals surface area contributed by atoms with Crippen LogP contribution in [0, 0.1) is 10.1 Å². The zero-order valence-corrected chi connectivity index (χ0v) is 14.1. The second kappa shape index (κ2) is 7.71. The summed E-state index contributed by atoms with van der Waals surface area (Å²) >= 11 is 0. The number of carbonyl (C=O) groups is 1. The summed E-state index contributed by atoms with van der Waals surface area (Å²) in [5.41, 5.74) is 0.199. The van der Waals surface area contributed by atoms with E-state index < -0.39 is 26.5 Å². The molecule has 0 amide bonds. The normalized spacial score (nSPS) is 11.4. The maximum absolute atomic E-state index is 12.5. The Balaban J connectivity index is 2.42. The Hall–Kier alpha value is -3.00. The number of esters is 1. The first kappa shape index (κ1) is 18.3. The Morgan fingerprint density at radius 2 is 1.88 bits per heavy atom. The number of nitro benzene ring substituents is 1. The lowest BCUT2D eigenvalue weighted by molar-refractivity contribution is -0.385. The number of nitrogens with zero attached hydrogens (tertiary/aromatic N) is 1. The second-order valence-electron chi connectivity index (χ2n) is 5.07. The SMILES string of the molecule is COC(=O)C=Cc1ccc([N+](=O)[O-])c(CS(=O)(=O)c2ccccc2)c1. The minimum Gasteiger partial charge on any atom is -0.466 e. The van der Waals surface area contributed by atoms with Crippen molar-refractivity contribution in [3.63, 3.8) is 0 Å². The minimum absolute atomic E-state index is 0.0425. The molecule has 7 nitrogen and oxygen atoms in total. The lowest BCUT2D eigenvalue weighted by atomic mass is 10.1. The average Bonchev–Trinajstić information content (AvgIpc) is 2.60. The van der Waals surface area contributed by atoms with Crippen LogP contribution in [0.2, 0.25) is 0 Å². The van der Waals surface area contributed by atoms with E-state index in [1.807, 2.05) is 0 Å². The van der Waals surface area contributed by atoms with Gasteiger partial charge in [-0.05, 0) is 35.9 Å². The molecule has 0 unspecified atom stereocenters. The Morgan fingerprint density at radius 1 is 1.20 bits per heavy atom. The molecule has 0 aliphatic carbocycles. The van der Waals surface area contributed by atoms with Gasteiger partial charge in [-0.2, -0.15) is 0 Å². The molecule has 2 rings (SSSR count). The van der Waals surface area contributed by atoms with E-state index in [2.05, 4.69) is 4.74 Å². The molecule has 0 N–H and O–H groups in total. The first-order chi connectivity index (χ1) is 11.8. The smallest absolute Gasteiger partial charge is 0.330 e. The summed E-state index contributed by atoms with van der Waals surface area (Å²) in [7, 11) is -2.52. The third-order valence-corrected chi connectivity index (χ3v) is 5.04. The largest absolute Gasteiger partial charge is 0.466 e. The number of benzene rings is 2. The highest BCUT2D eigenvalue weighted by Gasteiger charge is 2.22. The van der Waals surface area contributed by atoms with E-state index in [0.717, 1.165) is 6.08 Å². The quantitative estimate of drug-likeness (QED) is 0.339. The van der Waals surface area contributed by atoms with Crippen LogP contribution in [0.15, 0.2) is 59.5 Å². The van der Waals surface area contributed by atoms with E-state index in [0.29, 0.717) is 5.56 Å². The fourth-order valence-electron chi connectivity index (χ4n) is 2.15. The fraction of sp³-hybridized carbons (Fsp3) is 0.118. The molecule has 0 heterocycles. The maximum atomic E-state index is 12.5. The maximum Gasteiger partial charge on any atom is 0.330 e. The number of methoxy groups -OCH3 is 1. The van der Waals surface area contributed by atoms with Gasteiger partial charge in [0.2, 0.25) is 0 Å². The van der Waals surface area contributed by atoms with Crippen LogP contribution in [0.4, 0.5) is 5.69 Å². The van der Waals surface area contributed by atoms with Crippen LogP contribution < -0.4 is 0 Å². The number of ether oxygens (including phenoxy) is 1. The molecule has 0 saturated carbocycles. The van der Waals surface area contributed by atoms with Crippen molar-refractivity contribution in [2.45, 2.75) is 10.6 Å². The molecule has 0 saturated heterocycles. The molecule has 0 radical (unpaired) electrons. The number of hydrogen-bond donors (Lipinski definition) is 0. The summed E-state index contributed by atoms with van der Waals surface area (Å²) in [5.74, 6) is -1.11. The number of carbonyl (C=O) groups excluding carboxylic acids is 1. The zero-order chi connectivity index (χ0) is 18.4. The fourth-order valence-corrected chi connectivity index (χ4v) is 3.53. The van der Waals surface area contributed by atoms with Gasteiger partial charge in [0.1, 0.15) is 0 Å². The van der Waals surface area contributed by atoms with E-state index in [9.17, 15) is 23.3 Å². The molecule has 0 fully saturated rings. The van der Waals surface area contributed by atoms with Crippen molar-refractivity contribution in [3.8, 4) is 0 Å². The van der Waals surface area contributed by atoms with E-state index in [1.165, 1.54) is 43.5 Å². The van der Waals surface area contributed by atoms with E-state index in [-0.39, 0.29) is 16.1 Å². The predicted molar refractivity (Wildman–Crippen MR) is 91.5 cm³/mol. The van der Waals surface area contributed by atoms with Gasteiger partial charge in [0, 0.05) is 17.7 Å². The molecule has 8 heteroatoms. The van der Waals surface area contributed by atoms with Crippen LogP contribution in [-0.4, -0.2) is 26.4 Å². The Morgan fingerprint density at radius 3 is 2.48 bits per heavy atom. The molecule has 0 bridgehead atoms. The van der Waals surface area contributed by atoms with Gasteiger partial charge in [-0.3, -0.25) is 10.1 Å². The van der Waals surface area contributed by atoms with Gasteiger partial charge in [-0.15, -0.1) is 0 Å². The van der Waals surface area contributed by atoms with Gasteiger partial charge in [0.15, 0.2) is 9.84 Å². The summed E-state index contributed by atoms with van der Waals surface area (Å²) in [5, 5.41) is 11.2. The third-order valence-electron chi connectivity index (χ3n) is 3.36. The molecular weight excluding hydrogens is 346 g/mol. The Kier molecular flexibility index (Phi) is 5.66. The second-order valence-corrected chi connectivity index (χ2v) is 7.06.